The number of carbonyl (C=O) groups is 1. The quantitative estimate of drug-likeness (QED) is 0.928. The van der Waals surface area contributed by atoms with Gasteiger partial charge in [-0.2, -0.15) is 5.10 Å². The first-order valence-electron chi connectivity index (χ1n) is 9.35. The van der Waals surface area contributed by atoms with Crippen LogP contribution in [0.25, 0.3) is 0 Å². The number of rotatable bonds is 4. The van der Waals surface area contributed by atoms with Gasteiger partial charge in [-0.25, -0.2) is 0 Å². The standard InChI is InChI=1S/C20H26N4O/c1-15(24-10-2-3-20(24)25)16-4-6-17(7-5-16)18-8-11-23(12-9-18)19-13-21-22-14-19/h4-7,13-15,18H,2-3,8-12H2,1H3,(H,21,22)/t15-/m1/s1. The Kier molecular flexibility index (Phi) is 4.47. The van der Waals surface area contributed by atoms with E-state index < -0.39 is 0 Å². The summed E-state index contributed by atoms with van der Waals surface area (Å²) in [6.07, 6.45) is 7.91. The third-order valence-electron chi connectivity index (χ3n) is 5.81. The number of aromatic nitrogens is 2. The van der Waals surface area contributed by atoms with E-state index in [0.29, 0.717) is 18.2 Å². The van der Waals surface area contributed by atoms with Crippen molar-refractivity contribution in [2.75, 3.05) is 24.5 Å². The lowest BCUT2D eigenvalue weighted by Crippen LogP contribution is -2.32. The second kappa shape index (κ2) is 6.90. The number of anilines is 1. The maximum Gasteiger partial charge on any atom is 0.223 e. The molecule has 4 rings (SSSR count). The minimum Gasteiger partial charge on any atom is -0.369 e. The number of nitrogens with one attached hydrogen (secondary N) is 1. The van der Waals surface area contributed by atoms with Gasteiger partial charge in [0.2, 0.25) is 5.91 Å². The second-order valence-corrected chi connectivity index (χ2v) is 7.25. The predicted octanol–water partition coefficient (Wildman–Crippen LogP) is 3.48. The summed E-state index contributed by atoms with van der Waals surface area (Å²) in [5.41, 5.74) is 3.86. The molecule has 3 heterocycles. The molecule has 1 atom stereocenters. The Morgan fingerprint density at radius 3 is 2.52 bits per heavy atom. The van der Waals surface area contributed by atoms with Crippen molar-refractivity contribution in [1.82, 2.24) is 15.1 Å². The molecule has 0 unspecified atom stereocenters. The average Bonchev–Trinajstić information content (AvgIpc) is 3.33. The van der Waals surface area contributed by atoms with Crippen LogP contribution in [-0.2, 0) is 4.79 Å². The van der Waals surface area contributed by atoms with E-state index in [0.717, 1.165) is 26.1 Å². The number of benzene rings is 1. The van der Waals surface area contributed by atoms with Crippen molar-refractivity contribution in [2.24, 2.45) is 0 Å². The average molecular weight is 338 g/mol. The van der Waals surface area contributed by atoms with Crippen LogP contribution in [0.15, 0.2) is 36.7 Å². The van der Waals surface area contributed by atoms with Gasteiger partial charge in [-0.1, -0.05) is 24.3 Å². The Morgan fingerprint density at radius 1 is 1.16 bits per heavy atom. The van der Waals surface area contributed by atoms with Crippen LogP contribution in [0, 0.1) is 0 Å². The summed E-state index contributed by atoms with van der Waals surface area (Å²) >= 11 is 0. The maximum atomic E-state index is 11.9. The fourth-order valence-electron chi connectivity index (χ4n) is 4.19. The molecule has 1 N–H and O–H groups in total. The van der Waals surface area contributed by atoms with Gasteiger partial charge in [-0.3, -0.25) is 9.89 Å². The van der Waals surface area contributed by atoms with Crippen LogP contribution in [-0.4, -0.2) is 40.6 Å². The molecular weight excluding hydrogens is 312 g/mol. The zero-order valence-corrected chi connectivity index (χ0v) is 14.8. The van der Waals surface area contributed by atoms with Crippen LogP contribution < -0.4 is 4.90 Å². The smallest absolute Gasteiger partial charge is 0.223 e. The van der Waals surface area contributed by atoms with Gasteiger partial charge in [-0.15, -0.1) is 0 Å². The predicted molar refractivity (Wildman–Crippen MR) is 98.6 cm³/mol. The number of likely N-dealkylation sites (tertiary alicyclic amines) is 1. The minimum atomic E-state index is 0.187. The molecule has 1 aromatic heterocycles. The molecule has 2 aromatic rings. The highest BCUT2D eigenvalue weighted by molar-refractivity contribution is 5.78. The van der Waals surface area contributed by atoms with Gasteiger partial charge in [0.15, 0.2) is 0 Å². The van der Waals surface area contributed by atoms with E-state index in [2.05, 4.69) is 46.3 Å². The van der Waals surface area contributed by atoms with E-state index in [1.807, 2.05) is 17.3 Å². The summed E-state index contributed by atoms with van der Waals surface area (Å²) in [7, 11) is 0. The lowest BCUT2D eigenvalue weighted by Gasteiger charge is -2.33. The van der Waals surface area contributed by atoms with E-state index in [9.17, 15) is 4.79 Å². The molecule has 0 aliphatic carbocycles. The number of H-pyrrole nitrogens is 1. The van der Waals surface area contributed by atoms with E-state index in [1.165, 1.54) is 29.7 Å². The number of piperidine rings is 1. The Hall–Kier alpha value is -2.30. The molecule has 0 saturated carbocycles. The SMILES string of the molecule is C[C@H](c1ccc(C2CCN(c3cn[nH]c3)CC2)cc1)N1CCCC1=O. The Morgan fingerprint density at radius 2 is 1.92 bits per heavy atom. The van der Waals surface area contributed by atoms with Crippen molar-refractivity contribution in [3.05, 3.63) is 47.8 Å². The second-order valence-electron chi connectivity index (χ2n) is 7.25. The van der Waals surface area contributed by atoms with Gasteiger partial charge in [0, 0.05) is 32.3 Å². The van der Waals surface area contributed by atoms with Crippen molar-refractivity contribution < 1.29 is 4.79 Å². The topological polar surface area (TPSA) is 52.2 Å². The van der Waals surface area contributed by atoms with E-state index in [1.54, 1.807) is 0 Å². The molecule has 5 nitrogen and oxygen atoms in total. The van der Waals surface area contributed by atoms with Crippen LogP contribution in [0.4, 0.5) is 5.69 Å². The zero-order valence-electron chi connectivity index (χ0n) is 14.8. The molecule has 0 radical (unpaired) electrons. The number of aromatic amines is 1. The summed E-state index contributed by atoms with van der Waals surface area (Å²) in [5.74, 6) is 0.920. The summed E-state index contributed by atoms with van der Waals surface area (Å²) in [6.45, 7) is 5.19. The highest BCUT2D eigenvalue weighted by atomic mass is 16.2. The first-order chi connectivity index (χ1) is 12.2. The van der Waals surface area contributed by atoms with Crippen molar-refractivity contribution in [3.8, 4) is 0 Å². The van der Waals surface area contributed by atoms with Gasteiger partial charge in [0.05, 0.1) is 17.9 Å². The van der Waals surface area contributed by atoms with Crippen LogP contribution in [0.1, 0.15) is 55.7 Å². The van der Waals surface area contributed by atoms with E-state index >= 15 is 0 Å². The minimum absolute atomic E-state index is 0.187. The first kappa shape index (κ1) is 16.2. The third-order valence-corrected chi connectivity index (χ3v) is 5.81. The molecule has 5 heteroatoms. The van der Waals surface area contributed by atoms with E-state index in [4.69, 9.17) is 0 Å². The Labute approximate surface area is 149 Å². The third kappa shape index (κ3) is 3.28. The molecule has 1 amide bonds. The molecule has 2 fully saturated rings. The maximum absolute atomic E-state index is 11.9. The number of amides is 1. The van der Waals surface area contributed by atoms with Gasteiger partial charge < -0.3 is 9.80 Å². The molecule has 1 aromatic carbocycles. The van der Waals surface area contributed by atoms with Crippen molar-refractivity contribution >= 4 is 11.6 Å². The van der Waals surface area contributed by atoms with Crippen molar-refractivity contribution in [1.29, 1.82) is 0 Å². The van der Waals surface area contributed by atoms with Gasteiger partial charge >= 0.3 is 0 Å². The van der Waals surface area contributed by atoms with Crippen LogP contribution in [0.3, 0.4) is 0 Å². The van der Waals surface area contributed by atoms with Crippen LogP contribution in [0.2, 0.25) is 0 Å². The van der Waals surface area contributed by atoms with Gasteiger partial charge in [0.25, 0.3) is 0 Å². The highest BCUT2D eigenvalue weighted by Crippen LogP contribution is 2.32. The van der Waals surface area contributed by atoms with E-state index in [-0.39, 0.29) is 6.04 Å². The molecule has 132 valence electrons. The molecule has 2 aliphatic rings. The summed E-state index contributed by atoms with van der Waals surface area (Å²) in [6, 6.07) is 9.16. The van der Waals surface area contributed by atoms with Gasteiger partial charge in [-0.05, 0) is 43.2 Å². The number of carbonyl (C=O) groups excluding carboxylic acids is 1. The molecule has 25 heavy (non-hydrogen) atoms. The number of hydrogen-bond acceptors (Lipinski definition) is 3. The van der Waals surface area contributed by atoms with Crippen LogP contribution >= 0.6 is 0 Å². The normalized spacial score (nSPS) is 20.3. The number of hydrogen-bond donors (Lipinski definition) is 1. The molecule has 2 saturated heterocycles. The largest absolute Gasteiger partial charge is 0.369 e. The summed E-state index contributed by atoms with van der Waals surface area (Å²) < 4.78 is 0. The molecule has 2 aliphatic heterocycles. The van der Waals surface area contributed by atoms with Crippen LogP contribution in [0.5, 0.6) is 0 Å². The fraction of sp³-hybridized carbons (Fsp3) is 0.500. The molecular formula is C20H26N4O. The first-order valence-corrected chi connectivity index (χ1v) is 9.35. The Balaban J connectivity index is 1.38. The van der Waals surface area contributed by atoms with Gasteiger partial charge in [0.1, 0.15) is 0 Å². The summed E-state index contributed by atoms with van der Waals surface area (Å²) in [4.78, 5) is 16.4. The monoisotopic (exact) mass is 338 g/mol. The van der Waals surface area contributed by atoms with Crippen molar-refractivity contribution in [3.63, 3.8) is 0 Å². The highest BCUT2D eigenvalue weighted by Gasteiger charge is 2.26. The zero-order chi connectivity index (χ0) is 17.2. The fourth-order valence-corrected chi connectivity index (χ4v) is 4.19. The lowest BCUT2D eigenvalue weighted by atomic mass is 9.88. The molecule has 0 bridgehead atoms. The van der Waals surface area contributed by atoms with Crippen molar-refractivity contribution in [2.45, 2.75) is 44.6 Å². The Bertz CT molecular complexity index is 702. The molecule has 0 spiro atoms. The lowest BCUT2D eigenvalue weighted by molar-refractivity contribution is -0.129. The number of nitrogens with zero attached hydrogens (tertiary/aromatic N) is 3. The summed E-state index contributed by atoms with van der Waals surface area (Å²) in [5, 5.41) is 6.94.